The number of hydrogen-bond donors (Lipinski definition) is 0. The molecule has 1 aromatic carbocycles. The topological polar surface area (TPSA) is 20.3 Å². The number of rotatable bonds is 9. The summed E-state index contributed by atoms with van der Waals surface area (Å²) >= 11 is 3.45. The van der Waals surface area contributed by atoms with Crippen molar-refractivity contribution in [1.82, 2.24) is 4.90 Å². The van der Waals surface area contributed by atoms with Crippen LogP contribution in [-0.4, -0.2) is 29.8 Å². The Hall–Kier alpha value is -0.670. The summed E-state index contributed by atoms with van der Waals surface area (Å²) in [6.07, 6.45) is 4.31. The maximum Gasteiger partial charge on any atom is 0.165 e. The molecule has 20 heavy (non-hydrogen) atoms. The molecular formula is C17H26BrNO. The van der Waals surface area contributed by atoms with Crippen LogP contribution in [0.5, 0.6) is 0 Å². The molecule has 0 radical (unpaired) electrons. The fraction of sp³-hybridized carbons (Fsp3) is 0.588. The summed E-state index contributed by atoms with van der Waals surface area (Å²) in [5.41, 5.74) is 0.796. The Morgan fingerprint density at radius 1 is 1.20 bits per heavy atom. The zero-order valence-electron chi connectivity index (χ0n) is 12.9. The molecule has 0 fully saturated rings. The molecule has 1 aromatic rings. The molecule has 0 aliphatic rings. The molecule has 2 nitrogen and oxygen atoms in total. The van der Waals surface area contributed by atoms with E-state index in [1.54, 1.807) is 0 Å². The number of Topliss-reactive ketones (excluding diaryl/α,β-unsaturated/α-hetero) is 1. The molecule has 0 heterocycles. The zero-order chi connectivity index (χ0) is 15.0. The van der Waals surface area contributed by atoms with Gasteiger partial charge in [0, 0.05) is 29.0 Å². The molecule has 112 valence electrons. The van der Waals surface area contributed by atoms with Gasteiger partial charge in [0.1, 0.15) is 0 Å². The van der Waals surface area contributed by atoms with Crippen LogP contribution in [0.1, 0.15) is 56.8 Å². The van der Waals surface area contributed by atoms with Crippen molar-refractivity contribution < 1.29 is 4.79 Å². The highest BCUT2D eigenvalue weighted by atomic mass is 79.9. The first-order valence-electron chi connectivity index (χ1n) is 7.58. The molecule has 1 rings (SSSR count). The third-order valence-electron chi connectivity index (χ3n) is 3.58. The molecule has 3 heteroatoms. The lowest BCUT2D eigenvalue weighted by Gasteiger charge is -2.26. The van der Waals surface area contributed by atoms with Crippen molar-refractivity contribution in [3.63, 3.8) is 0 Å². The summed E-state index contributed by atoms with van der Waals surface area (Å²) in [5.74, 6) is 0.221. The van der Waals surface area contributed by atoms with Crippen LogP contribution in [0.25, 0.3) is 0 Å². The summed E-state index contributed by atoms with van der Waals surface area (Å²) < 4.78 is 0.895. The van der Waals surface area contributed by atoms with Crippen LogP contribution in [-0.2, 0) is 0 Å². The SMILES string of the molecule is CCCCCN(CCC(=O)c1ccccc1Br)C(C)C. The first-order chi connectivity index (χ1) is 9.56. The molecule has 0 unspecified atom stereocenters. The van der Waals surface area contributed by atoms with Gasteiger partial charge in [0.15, 0.2) is 5.78 Å². The first kappa shape index (κ1) is 17.4. The summed E-state index contributed by atoms with van der Waals surface area (Å²) in [4.78, 5) is 14.7. The van der Waals surface area contributed by atoms with Gasteiger partial charge in [0.2, 0.25) is 0 Å². The number of carbonyl (C=O) groups is 1. The van der Waals surface area contributed by atoms with Gasteiger partial charge in [-0.2, -0.15) is 0 Å². The number of benzene rings is 1. The van der Waals surface area contributed by atoms with E-state index in [0.717, 1.165) is 23.1 Å². The second kappa shape index (κ2) is 9.30. The smallest absolute Gasteiger partial charge is 0.165 e. The predicted molar refractivity (Wildman–Crippen MR) is 89.3 cm³/mol. The zero-order valence-corrected chi connectivity index (χ0v) is 14.4. The van der Waals surface area contributed by atoms with Gasteiger partial charge in [-0.15, -0.1) is 0 Å². The average molecular weight is 340 g/mol. The summed E-state index contributed by atoms with van der Waals surface area (Å²) in [5, 5.41) is 0. The molecule has 0 spiro atoms. The molecule has 0 bridgehead atoms. The monoisotopic (exact) mass is 339 g/mol. The molecule has 0 N–H and O–H groups in total. The van der Waals surface area contributed by atoms with Crippen LogP contribution in [0.15, 0.2) is 28.7 Å². The quantitative estimate of drug-likeness (QED) is 0.470. The van der Waals surface area contributed by atoms with Crippen LogP contribution in [0.3, 0.4) is 0 Å². The normalized spacial score (nSPS) is 11.3. The van der Waals surface area contributed by atoms with E-state index in [2.05, 4.69) is 41.6 Å². The van der Waals surface area contributed by atoms with Gasteiger partial charge in [-0.25, -0.2) is 0 Å². The Morgan fingerprint density at radius 2 is 1.90 bits per heavy atom. The molecule has 0 saturated heterocycles. The van der Waals surface area contributed by atoms with E-state index in [1.165, 1.54) is 19.3 Å². The van der Waals surface area contributed by atoms with E-state index in [9.17, 15) is 4.79 Å². The number of carbonyl (C=O) groups excluding carboxylic acids is 1. The van der Waals surface area contributed by atoms with E-state index in [4.69, 9.17) is 0 Å². The lowest BCUT2D eigenvalue weighted by molar-refractivity contribution is 0.0954. The fourth-order valence-electron chi connectivity index (χ4n) is 2.26. The standard InChI is InChI=1S/C17H26BrNO/c1-4-5-8-12-19(14(2)3)13-11-17(20)15-9-6-7-10-16(15)18/h6-7,9-10,14H,4-5,8,11-13H2,1-3H3. The highest BCUT2D eigenvalue weighted by Crippen LogP contribution is 2.18. The Labute approximate surface area is 131 Å². The number of ketones is 1. The lowest BCUT2D eigenvalue weighted by atomic mass is 10.1. The minimum absolute atomic E-state index is 0.221. The minimum atomic E-state index is 0.221. The summed E-state index contributed by atoms with van der Waals surface area (Å²) in [6, 6.07) is 8.17. The fourth-order valence-corrected chi connectivity index (χ4v) is 2.77. The van der Waals surface area contributed by atoms with E-state index >= 15 is 0 Å². The van der Waals surface area contributed by atoms with Crippen LogP contribution in [0.4, 0.5) is 0 Å². The molecular weight excluding hydrogens is 314 g/mol. The van der Waals surface area contributed by atoms with Crippen LogP contribution < -0.4 is 0 Å². The largest absolute Gasteiger partial charge is 0.300 e. The van der Waals surface area contributed by atoms with Crippen LogP contribution in [0, 0.1) is 0 Å². The third kappa shape index (κ3) is 5.76. The van der Waals surface area contributed by atoms with Crippen LogP contribution in [0.2, 0.25) is 0 Å². The molecule has 0 aliphatic carbocycles. The van der Waals surface area contributed by atoms with E-state index in [-0.39, 0.29) is 5.78 Å². The molecule has 0 amide bonds. The van der Waals surface area contributed by atoms with Crippen molar-refractivity contribution in [3.8, 4) is 0 Å². The van der Waals surface area contributed by atoms with E-state index < -0.39 is 0 Å². The minimum Gasteiger partial charge on any atom is -0.300 e. The highest BCUT2D eigenvalue weighted by molar-refractivity contribution is 9.10. The van der Waals surface area contributed by atoms with E-state index in [0.29, 0.717) is 12.5 Å². The Morgan fingerprint density at radius 3 is 2.50 bits per heavy atom. The number of halogens is 1. The van der Waals surface area contributed by atoms with Gasteiger partial charge < -0.3 is 4.90 Å². The lowest BCUT2D eigenvalue weighted by Crippen LogP contribution is -2.33. The maximum absolute atomic E-state index is 12.3. The van der Waals surface area contributed by atoms with Crippen molar-refractivity contribution in [2.75, 3.05) is 13.1 Å². The second-order valence-corrected chi connectivity index (χ2v) is 6.34. The summed E-state index contributed by atoms with van der Waals surface area (Å²) in [7, 11) is 0. The van der Waals surface area contributed by atoms with Crippen LogP contribution >= 0.6 is 15.9 Å². The molecule has 0 aliphatic heterocycles. The molecule has 0 atom stereocenters. The predicted octanol–water partition coefficient (Wildman–Crippen LogP) is 4.92. The molecule has 0 saturated carbocycles. The first-order valence-corrected chi connectivity index (χ1v) is 8.37. The van der Waals surface area contributed by atoms with Gasteiger partial charge in [-0.05, 0) is 32.9 Å². The summed E-state index contributed by atoms with van der Waals surface area (Å²) in [6.45, 7) is 8.57. The number of unbranched alkanes of at least 4 members (excludes halogenated alkanes) is 2. The van der Waals surface area contributed by atoms with Crippen molar-refractivity contribution in [2.24, 2.45) is 0 Å². The molecule has 0 aromatic heterocycles. The van der Waals surface area contributed by atoms with Crippen molar-refractivity contribution in [2.45, 2.75) is 52.5 Å². The van der Waals surface area contributed by atoms with Gasteiger partial charge >= 0.3 is 0 Å². The third-order valence-corrected chi connectivity index (χ3v) is 4.27. The highest BCUT2D eigenvalue weighted by Gasteiger charge is 2.14. The second-order valence-electron chi connectivity index (χ2n) is 5.49. The van der Waals surface area contributed by atoms with Gasteiger partial charge in [0.25, 0.3) is 0 Å². The van der Waals surface area contributed by atoms with Gasteiger partial charge in [-0.3, -0.25) is 4.79 Å². The Kier molecular flexibility index (Phi) is 8.08. The number of hydrogen-bond acceptors (Lipinski definition) is 2. The van der Waals surface area contributed by atoms with Crippen molar-refractivity contribution >= 4 is 21.7 Å². The van der Waals surface area contributed by atoms with Gasteiger partial charge in [-0.1, -0.05) is 53.9 Å². The van der Waals surface area contributed by atoms with Gasteiger partial charge in [0.05, 0.1) is 0 Å². The van der Waals surface area contributed by atoms with E-state index in [1.807, 2.05) is 24.3 Å². The Bertz CT molecular complexity index is 417. The maximum atomic E-state index is 12.3. The Balaban J connectivity index is 2.50. The number of nitrogens with zero attached hydrogens (tertiary/aromatic N) is 1. The average Bonchev–Trinajstić information content (AvgIpc) is 2.42. The van der Waals surface area contributed by atoms with Crippen molar-refractivity contribution in [3.05, 3.63) is 34.3 Å². The van der Waals surface area contributed by atoms with Crippen molar-refractivity contribution in [1.29, 1.82) is 0 Å².